The van der Waals surface area contributed by atoms with E-state index in [2.05, 4.69) is 10.5 Å². The summed E-state index contributed by atoms with van der Waals surface area (Å²) in [4.78, 5) is 23.6. The number of hydrogen-bond donors (Lipinski definition) is 2. The maximum absolute atomic E-state index is 12.3. The van der Waals surface area contributed by atoms with Gasteiger partial charge in [-0.3, -0.25) is 4.79 Å². The quantitative estimate of drug-likeness (QED) is 0.430. The number of nitrogens with one attached hydrogen (secondary N) is 1. The van der Waals surface area contributed by atoms with Crippen molar-refractivity contribution in [3.63, 3.8) is 0 Å². The highest BCUT2D eigenvalue weighted by molar-refractivity contribution is 5.70. The van der Waals surface area contributed by atoms with Crippen LogP contribution in [0.1, 0.15) is 55.5 Å². The second-order valence-corrected chi connectivity index (χ2v) is 8.85. The summed E-state index contributed by atoms with van der Waals surface area (Å²) in [7, 11) is 0. The fraction of sp³-hybridized carbons (Fsp3) is 0.370. The van der Waals surface area contributed by atoms with Gasteiger partial charge in [-0.05, 0) is 69.4 Å². The molecule has 3 aromatic rings. The molecule has 0 radical (unpaired) electrons. The molecule has 1 amide bonds. The van der Waals surface area contributed by atoms with Crippen LogP contribution in [-0.2, 0) is 16.1 Å². The maximum Gasteiger partial charge on any atom is 0.408 e. The Kier molecular flexibility index (Phi) is 7.70. The third-order valence-electron chi connectivity index (χ3n) is 6.34. The molecule has 1 aliphatic carbocycles. The Labute approximate surface area is 204 Å². The number of ether oxygens (including phenoxy) is 2. The molecule has 1 aliphatic rings. The van der Waals surface area contributed by atoms with Gasteiger partial charge in [-0.15, -0.1) is 0 Å². The number of aliphatic carboxylic acids is 1. The third kappa shape index (κ3) is 6.20. The molecule has 4 rings (SSSR count). The van der Waals surface area contributed by atoms with Crippen LogP contribution in [0.15, 0.2) is 59.1 Å². The summed E-state index contributed by atoms with van der Waals surface area (Å²) in [5, 5.41) is 16.1. The van der Waals surface area contributed by atoms with E-state index in [9.17, 15) is 14.7 Å². The van der Waals surface area contributed by atoms with Crippen LogP contribution < -0.4 is 10.1 Å². The van der Waals surface area contributed by atoms with Crippen molar-refractivity contribution in [2.75, 3.05) is 0 Å². The number of carboxylic acids is 1. The SMILES string of the molecule is Cc1noc(-c2ccc(O[C@@H]3CCC[C@@H](C(=O)O)C3)cc2)c1CNC(=O)O[C@@H](C)c1ccccc1. The van der Waals surface area contributed by atoms with E-state index in [1.807, 2.05) is 68.4 Å². The highest BCUT2D eigenvalue weighted by atomic mass is 16.6. The number of amides is 1. The van der Waals surface area contributed by atoms with Crippen LogP contribution in [0.5, 0.6) is 5.75 Å². The van der Waals surface area contributed by atoms with Gasteiger partial charge in [-0.2, -0.15) is 0 Å². The number of alkyl carbamates (subject to hydrolysis) is 1. The molecule has 1 fully saturated rings. The number of carbonyl (C=O) groups is 2. The molecule has 0 bridgehead atoms. The molecule has 0 spiro atoms. The molecule has 0 unspecified atom stereocenters. The summed E-state index contributed by atoms with van der Waals surface area (Å²) in [5.74, 6) is 0.143. The van der Waals surface area contributed by atoms with Crippen molar-refractivity contribution in [2.45, 2.75) is 58.3 Å². The van der Waals surface area contributed by atoms with Crippen LogP contribution in [0.3, 0.4) is 0 Å². The van der Waals surface area contributed by atoms with Crippen LogP contribution in [0, 0.1) is 12.8 Å². The van der Waals surface area contributed by atoms with Gasteiger partial charge < -0.3 is 24.4 Å². The maximum atomic E-state index is 12.3. The molecular weight excluding hydrogens is 448 g/mol. The minimum atomic E-state index is -0.756. The molecular formula is C27H30N2O6. The lowest BCUT2D eigenvalue weighted by atomic mass is 9.87. The van der Waals surface area contributed by atoms with Crippen molar-refractivity contribution in [1.82, 2.24) is 10.5 Å². The smallest absolute Gasteiger partial charge is 0.408 e. The summed E-state index contributed by atoms with van der Waals surface area (Å²) in [6.07, 6.45) is 1.92. The van der Waals surface area contributed by atoms with Gasteiger partial charge in [0.05, 0.1) is 24.3 Å². The van der Waals surface area contributed by atoms with Crippen LogP contribution >= 0.6 is 0 Å². The fourth-order valence-corrected chi connectivity index (χ4v) is 4.33. The molecule has 8 heteroatoms. The summed E-state index contributed by atoms with van der Waals surface area (Å²) in [6.45, 7) is 3.85. The zero-order valence-corrected chi connectivity index (χ0v) is 19.9. The predicted octanol–water partition coefficient (Wildman–Crippen LogP) is 5.66. The van der Waals surface area contributed by atoms with Gasteiger partial charge in [0.25, 0.3) is 0 Å². The molecule has 184 valence electrons. The van der Waals surface area contributed by atoms with E-state index in [0.717, 1.165) is 29.5 Å². The Bertz CT molecular complexity index is 1140. The van der Waals surface area contributed by atoms with Gasteiger partial charge in [0.2, 0.25) is 0 Å². The normalized spacial score (nSPS) is 18.5. The zero-order chi connectivity index (χ0) is 24.8. The van der Waals surface area contributed by atoms with Crippen LogP contribution in [0.25, 0.3) is 11.3 Å². The summed E-state index contributed by atoms with van der Waals surface area (Å²) < 4.78 is 17.1. The Morgan fingerprint density at radius 3 is 2.60 bits per heavy atom. The lowest BCUT2D eigenvalue weighted by Crippen LogP contribution is -2.29. The molecule has 1 saturated carbocycles. The lowest BCUT2D eigenvalue weighted by molar-refractivity contribution is -0.143. The molecule has 3 atom stereocenters. The predicted molar refractivity (Wildman–Crippen MR) is 129 cm³/mol. The standard InChI is InChI=1S/C27H30N2O6/c1-17-24(16-28-27(32)33-18(2)19-7-4-3-5-8-19)25(35-29-17)20-11-13-22(14-12-20)34-23-10-6-9-21(15-23)26(30)31/h3-5,7-8,11-14,18,21,23H,6,9-10,15-16H2,1-2H3,(H,28,32)(H,30,31)/t18-,21+,23+/m0/s1. The first-order valence-electron chi connectivity index (χ1n) is 11.8. The third-order valence-corrected chi connectivity index (χ3v) is 6.34. The Balaban J connectivity index is 1.36. The Morgan fingerprint density at radius 2 is 1.89 bits per heavy atom. The molecule has 0 saturated heterocycles. The number of carbonyl (C=O) groups excluding carboxylic acids is 1. The lowest BCUT2D eigenvalue weighted by Gasteiger charge is -2.27. The van der Waals surface area contributed by atoms with Crippen LogP contribution in [0.2, 0.25) is 0 Å². The van der Waals surface area contributed by atoms with E-state index in [4.69, 9.17) is 14.0 Å². The van der Waals surface area contributed by atoms with Crippen LogP contribution in [0.4, 0.5) is 4.79 Å². The number of carboxylic acid groups (broad SMARTS) is 1. The average molecular weight is 479 g/mol. The first kappa shape index (κ1) is 24.3. The topological polar surface area (TPSA) is 111 Å². The molecule has 2 aromatic carbocycles. The van der Waals surface area contributed by atoms with Crippen molar-refractivity contribution in [2.24, 2.45) is 5.92 Å². The second kappa shape index (κ2) is 11.1. The van der Waals surface area contributed by atoms with E-state index < -0.39 is 12.1 Å². The van der Waals surface area contributed by atoms with Crippen molar-refractivity contribution in [1.29, 1.82) is 0 Å². The van der Waals surface area contributed by atoms with Gasteiger partial charge in [-0.1, -0.05) is 35.5 Å². The van der Waals surface area contributed by atoms with Crippen LogP contribution in [-0.4, -0.2) is 28.4 Å². The first-order valence-corrected chi connectivity index (χ1v) is 11.8. The van der Waals surface area contributed by atoms with Gasteiger partial charge in [0.15, 0.2) is 5.76 Å². The monoisotopic (exact) mass is 478 g/mol. The van der Waals surface area contributed by atoms with E-state index in [0.29, 0.717) is 30.0 Å². The van der Waals surface area contributed by atoms with Crippen molar-refractivity contribution in [3.8, 4) is 17.1 Å². The zero-order valence-electron chi connectivity index (χ0n) is 19.9. The molecule has 2 N–H and O–H groups in total. The van der Waals surface area contributed by atoms with Crippen molar-refractivity contribution >= 4 is 12.1 Å². The largest absolute Gasteiger partial charge is 0.490 e. The van der Waals surface area contributed by atoms with E-state index in [1.165, 1.54) is 0 Å². The second-order valence-electron chi connectivity index (χ2n) is 8.85. The Morgan fingerprint density at radius 1 is 1.14 bits per heavy atom. The van der Waals surface area contributed by atoms with E-state index >= 15 is 0 Å². The fourth-order valence-electron chi connectivity index (χ4n) is 4.33. The first-order chi connectivity index (χ1) is 16.9. The minimum Gasteiger partial charge on any atom is -0.490 e. The van der Waals surface area contributed by atoms with Gasteiger partial charge >= 0.3 is 12.1 Å². The number of aryl methyl sites for hydroxylation is 1. The summed E-state index contributed by atoms with van der Waals surface area (Å²) >= 11 is 0. The highest BCUT2D eigenvalue weighted by Gasteiger charge is 2.28. The van der Waals surface area contributed by atoms with Gasteiger partial charge in [-0.25, -0.2) is 4.79 Å². The van der Waals surface area contributed by atoms with Gasteiger partial charge in [0.1, 0.15) is 11.9 Å². The molecule has 0 aliphatic heterocycles. The Hall–Kier alpha value is -3.81. The summed E-state index contributed by atoms with van der Waals surface area (Å²) in [5.41, 5.74) is 3.16. The van der Waals surface area contributed by atoms with E-state index in [1.54, 1.807) is 0 Å². The number of hydrogen-bond acceptors (Lipinski definition) is 6. The molecule has 1 aromatic heterocycles. The number of rotatable bonds is 8. The number of benzene rings is 2. The van der Waals surface area contributed by atoms with Crippen molar-refractivity contribution in [3.05, 3.63) is 71.4 Å². The van der Waals surface area contributed by atoms with Gasteiger partial charge in [0, 0.05) is 11.1 Å². The average Bonchev–Trinajstić information content (AvgIpc) is 3.24. The molecule has 35 heavy (non-hydrogen) atoms. The highest BCUT2D eigenvalue weighted by Crippen LogP contribution is 2.31. The summed E-state index contributed by atoms with van der Waals surface area (Å²) in [6, 6.07) is 16.9. The molecule has 1 heterocycles. The van der Waals surface area contributed by atoms with Crippen molar-refractivity contribution < 1.29 is 28.7 Å². The minimum absolute atomic E-state index is 0.104. The van der Waals surface area contributed by atoms with E-state index in [-0.39, 0.29) is 24.7 Å². The number of nitrogens with zero attached hydrogens (tertiary/aromatic N) is 1. The number of aromatic nitrogens is 1. The molecule has 8 nitrogen and oxygen atoms in total.